The van der Waals surface area contributed by atoms with Crippen molar-refractivity contribution in [3.05, 3.63) is 128 Å². The summed E-state index contributed by atoms with van der Waals surface area (Å²) in [4.78, 5) is 30.4. The smallest absolute Gasteiger partial charge is 0.264 e. The number of hydrogen-bond donors (Lipinski definition) is 1. The first-order valence-corrected chi connectivity index (χ1v) is 18.4. The van der Waals surface area contributed by atoms with Gasteiger partial charge in [0.25, 0.3) is 10.0 Å². The molecule has 0 aliphatic heterocycles. The highest BCUT2D eigenvalue weighted by Gasteiger charge is 2.36. The monoisotopic (exact) mass is 725 g/mol. The van der Waals surface area contributed by atoms with Crippen molar-refractivity contribution in [1.29, 1.82) is 0 Å². The fraction of sp³-hybridized carbons (Fsp3) is 0.297. The highest BCUT2D eigenvalue weighted by atomic mass is 35.5. The molecular formula is C37H38Cl3N3O4S. The van der Waals surface area contributed by atoms with Crippen molar-refractivity contribution in [1.82, 2.24) is 10.2 Å². The van der Waals surface area contributed by atoms with E-state index in [2.05, 4.69) is 5.32 Å². The average molecular weight is 727 g/mol. The Morgan fingerprint density at radius 1 is 0.854 bits per heavy atom. The number of aryl methyl sites for hydroxylation is 2. The van der Waals surface area contributed by atoms with Crippen LogP contribution in [-0.4, -0.2) is 43.8 Å². The van der Waals surface area contributed by atoms with Gasteiger partial charge in [-0.3, -0.25) is 13.9 Å². The Labute approximate surface area is 297 Å². The zero-order valence-corrected chi connectivity index (χ0v) is 29.9. The zero-order chi connectivity index (χ0) is 34.4. The summed E-state index contributed by atoms with van der Waals surface area (Å²) in [5.74, 6) is -0.881. The lowest BCUT2D eigenvalue weighted by Gasteiger charge is -2.35. The molecule has 5 rings (SSSR count). The van der Waals surface area contributed by atoms with Crippen LogP contribution in [0.2, 0.25) is 15.1 Å². The summed E-state index contributed by atoms with van der Waals surface area (Å²) in [7, 11) is -4.25. The van der Waals surface area contributed by atoms with Gasteiger partial charge in [0, 0.05) is 34.1 Å². The Kier molecular flexibility index (Phi) is 11.7. The van der Waals surface area contributed by atoms with E-state index in [0.29, 0.717) is 31.9 Å². The molecule has 11 heteroatoms. The number of nitrogens with one attached hydrogen (secondary N) is 1. The first kappa shape index (κ1) is 35.7. The van der Waals surface area contributed by atoms with E-state index in [1.165, 1.54) is 17.0 Å². The van der Waals surface area contributed by atoms with Crippen LogP contribution >= 0.6 is 34.8 Å². The number of sulfonamides is 1. The van der Waals surface area contributed by atoms with Gasteiger partial charge in [-0.05, 0) is 85.8 Å². The molecule has 4 aromatic carbocycles. The molecule has 0 bridgehead atoms. The summed E-state index contributed by atoms with van der Waals surface area (Å²) in [5.41, 5.74) is 3.17. The third-order valence-electron chi connectivity index (χ3n) is 8.64. The summed E-state index contributed by atoms with van der Waals surface area (Å²) in [6, 6.07) is 24.7. The summed E-state index contributed by atoms with van der Waals surface area (Å²) >= 11 is 19.1. The molecule has 0 heterocycles. The lowest BCUT2D eigenvalue weighted by molar-refractivity contribution is -0.140. The largest absolute Gasteiger partial charge is 0.352 e. The van der Waals surface area contributed by atoms with Crippen LogP contribution in [0.3, 0.4) is 0 Å². The number of carbonyl (C=O) groups excluding carboxylic acids is 2. The maximum absolute atomic E-state index is 14.7. The van der Waals surface area contributed by atoms with Crippen molar-refractivity contribution in [3.63, 3.8) is 0 Å². The fourth-order valence-corrected chi connectivity index (χ4v) is 8.18. The molecule has 1 N–H and O–H groups in total. The van der Waals surface area contributed by atoms with E-state index in [4.69, 9.17) is 34.8 Å². The van der Waals surface area contributed by atoms with E-state index in [0.717, 1.165) is 41.1 Å². The first-order chi connectivity index (χ1) is 22.9. The third-order valence-corrected chi connectivity index (χ3v) is 11.2. The molecule has 0 radical (unpaired) electrons. The molecule has 1 fully saturated rings. The molecule has 0 unspecified atom stereocenters. The van der Waals surface area contributed by atoms with E-state index < -0.39 is 28.5 Å². The molecule has 0 saturated heterocycles. The van der Waals surface area contributed by atoms with Gasteiger partial charge in [0.05, 0.1) is 10.6 Å². The van der Waals surface area contributed by atoms with E-state index in [1.807, 2.05) is 37.3 Å². The number of hydrogen-bond acceptors (Lipinski definition) is 4. The fourth-order valence-electron chi connectivity index (χ4n) is 6.00. The molecule has 2 amide bonds. The molecule has 0 spiro atoms. The van der Waals surface area contributed by atoms with E-state index >= 15 is 0 Å². The van der Waals surface area contributed by atoms with Crippen molar-refractivity contribution in [2.24, 2.45) is 0 Å². The van der Waals surface area contributed by atoms with E-state index in [-0.39, 0.29) is 29.8 Å². The molecule has 252 valence electrons. The van der Waals surface area contributed by atoms with Crippen molar-refractivity contribution in [2.45, 2.75) is 69.5 Å². The minimum Gasteiger partial charge on any atom is -0.352 e. The van der Waals surface area contributed by atoms with Gasteiger partial charge in [-0.15, -0.1) is 0 Å². The van der Waals surface area contributed by atoms with E-state index in [1.54, 1.807) is 55.5 Å². The Morgan fingerprint density at radius 3 is 2.15 bits per heavy atom. The summed E-state index contributed by atoms with van der Waals surface area (Å²) in [6.45, 7) is 2.97. The number of halogens is 3. The van der Waals surface area contributed by atoms with Crippen LogP contribution in [0.15, 0.2) is 95.9 Å². The standard InChI is InChI=1S/C37H38Cl3N3O4S/c1-25-12-17-32(18-13-25)48(46,47)43(34-19-16-29(38)20-26(34)2)24-36(44)42(23-28-14-15-30(39)22-33(28)40)35(21-27-8-4-3-5-9-27)37(45)41-31-10-6-7-11-31/h3-5,8-9,12-20,22,31,35H,6-7,10-11,21,23-24H2,1-2H3,(H,41,45)/t35-/m1/s1. The third kappa shape index (κ3) is 8.72. The van der Waals surface area contributed by atoms with Crippen molar-refractivity contribution < 1.29 is 18.0 Å². The maximum Gasteiger partial charge on any atom is 0.264 e. The quantitative estimate of drug-likeness (QED) is 0.160. The maximum atomic E-state index is 14.7. The average Bonchev–Trinajstić information content (AvgIpc) is 3.56. The molecule has 1 atom stereocenters. The van der Waals surface area contributed by atoms with Crippen LogP contribution < -0.4 is 9.62 Å². The molecule has 48 heavy (non-hydrogen) atoms. The van der Waals surface area contributed by atoms with Gasteiger partial charge >= 0.3 is 0 Å². The van der Waals surface area contributed by atoms with Gasteiger partial charge < -0.3 is 10.2 Å². The van der Waals surface area contributed by atoms with Gasteiger partial charge in [-0.2, -0.15) is 0 Å². The van der Waals surface area contributed by atoms with Crippen molar-refractivity contribution in [2.75, 3.05) is 10.8 Å². The predicted molar refractivity (Wildman–Crippen MR) is 193 cm³/mol. The minimum absolute atomic E-state index is 0.00183. The number of amides is 2. The van der Waals surface area contributed by atoms with Gasteiger partial charge in [0.2, 0.25) is 11.8 Å². The molecule has 4 aromatic rings. The minimum atomic E-state index is -4.25. The number of nitrogens with zero attached hydrogens (tertiary/aromatic N) is 2. The number of rotatable bonds is 12. The lowest BCUT2D eigenvalue weighted by atomic mass is 10.0. The number of anilines is 1. The predicted octanol–water partition coefficient (Wildman–Crippen LogP) is 8.16. The Morgan fingerprint density at radius 2 is 1.50 bits per heavy atom. The second kappa shape index (κ2) is 15.8. The SMILES string of the molecule is Cc1ccc(S(=O)(=O)N(CC(=O)N(Cc2ccc(Cl)cc2Cl)[C@H](Cc2ccccc2)C(=O)NC2CCCC2)c2ccc(Cl)cc2C)cc1. The molecular weight excluding hydrogens is 689 g/mol. The normalized spacial score (nSPS) is 14.0. The molecule has 1 aliphatic carbocycles. The van der Waals surface area contributed by atoms with Gasteiger partial charge in [0.1, 0.15) is 12.6 Å². The molecule has 1 saturated carbocycles. The highest BCUT2D eigenvalue weighted by Crippen LogP contribution is 2.31. The van der Waals surface area contributed by atoms with E-state index in [9.17, 15) is 18.0 Å². The number of benzene rings is 4. The van der Waals surface area contributed by atoms with Crippen LogP contribution in [0.4, 0.5) is 5.69 Å². The lowest BCUT2D eigenvalue weighted by Crippen LogP contribution is -2.54. The second-order valence-electron chi connectivity index (χ2n) is 12.2. The molecule has 7 nitrogen and oxygen atoms in total. The molecule has 0 aromatic heterocycles. The Bertz CT molecular complexity index is 1860. The van der Waals surface area contributed by atoms with Crippen LogP contribution in [-0.2, 0) is 32.6 Å². The van der Waals surface area contributed by atoms with Crippen molar-refractivity contribution >= 4 is 62.3 Å². The Balaban J connectivity index is 1.60. The van der Waals surface area contributed by atoms with Gasteiger partial charge in [-0.25, -0.2) is 8.42 Å². The number of carbonyl (C=O) groups is 2. The summed E-state index contributed by atoms with van der Waals surface area (Å²) in [5, 5.41) is 4.36. The van der Waals surface area contributed by atoms with Crippen LogP contribution in [0.5, 0.6) is 0 Å². The Hall–Kier alpha value is -3.56. The van der Waals surface area contributed by atoms with Crippen molar-refractivity contribution in [3.8, 4) is 0 Å². The van der Waals surface area contributed by atoms with Crippen LogP contribution in [0, 0.1) is 13.8 Å². The molecule has 1 aliphatic rings. The van der Waals surface area contributed by atoms with Crippen LogP contribution in [0.1, 0.15) is 47.9 Å². The van der Waals surface area contributed by atoms with Crippen LogP contribution in [0.25, 0.3) is 0 Å². The van der Waals surface area contributed by atoms with Gasteiger partial charge in [-0.1, -0.05) is 102 Å². The second-order valence-corrected chi connectivity index (χ2v) is 15.4. The summed E-state index contributed by atoms with van der Waals surface area (Å²) in [6.07, 6.45) is 3.96. The summed E-state index contributed by atoms with van der Waals surface area (Å²) < 4.78 is 29.7. The topological polar surface area (TPSA) is 86.8 Å². The zero-order valence-electron chi connectivity index (χ0n) is 26.8. The first-order valence-electron chi connectivity index (χ1n) is 15.9. The highest BCUT2D eigenvalue weighted by molar-refractivity contribution is 7.92. The van der Waals surface area contributed by atoms with Gasteiger partial charge in [0.15, 0.2) is 0 Å².